The Morgan fingerprint density at radius 2 is 1.97 bits per heavy atom. The molecule has 8 heteroatoms. The van der Waals surface area contributed by atoms with Gasteiger partial charge >= 0.3 is 0 Å². The van der Waals surface area contributed by atoms with Gasteiger partial charge in [-0.2, -0.15) is 5.10 Å². The van der Waals surface area contributed by atoms with E-state index in [1.54, 1.807) is 23.9 Å². The van der Waals surface area contributed by atoms with Gasteiger partial charge in [-0.1, -0.05) is 29.4 Å². The van der Waals surface area contributed by atoms with Crippen LogP contribution in [0, 0.1) is 19.7 Å². The Morgan fingerprint density at radius 1 is 1.23 bits per heavy atom. The highest BCUT2D eigenvalue weighted by Crippen LogP contribution is 2.26. The average Bonchev–Trinajstić information content (AvgIpc) is 3.36. The number of hydrogen-bond acceptors (Lipinski definition) is 5. The molecule has 2 heterocycles. The van der Waals surface area contributed by atoms with E-state index in [4.69, 9.17) is 9.57 Å². The van der Waals surface area contributed by atoms with Crippen LogP contribution in [0.4, 0.5) is 10.1 Å². The second kappa shape index (κ2) is 8.59. The summed E-state index contributed by atoms with van der Waals surface area (Å²) in [6.07, 6.45) is -0.396. The third-order valence-electron chi connectivity index (χ3n) is 5.25. The molecule has 0 bridgehead atoms. The van der Waals surface area contributed by atoms with Crippen LogP contribution in [-0.2, 0) is 16.2 Å². The maximum Gasteiger partial charge on any atom is 0.268 e. The number of nitrogens with one attached hydrogen (secondary N) is 1. The van der Waals surface area contributed by atoms with Crippen LogP contribution in [0.25, 0.3) is 0 Å². The van der Waals surface area contributed by atoms with E-state index in [9.17, 15) is 9.18 Å². The molecule has 31 heavy (non-hydrogen) atoms. The fraction of sp³-hybridized carbons (Fsp3) is 0.261. The van der Waals surface area contributed by atoms with Crippen molar-refractivity contribution in [2.45, 2.75) is 32.9 Å². The van der Waals surface area contributed by atoms with Gasteiger partial charge in [0.25, 0.3) is 5.91 Å². The van der Waals surface area contributed by atoms with Crippen LogP contribution in [0.15, 0.2) is 53.7 Å². The summed E-state index contributed by atoms with van der Waals surface area (Å²) in [4.78, 5) is 18.2. The van der Waals surface area contributed by atoms with Gasteiger partial charge in [0.05, 0.1) is 36.4 Å². The second-order valence-electron chi connectivity index (χ2n) is 7.36. The van der Waals surface area contributed by atoms with Crippen LogP contribution in [0.3, 0.4) is 0 Å². The van der Waals surface area contributed by atoms with Gasteiger partial charge in [-0.25, -0.2) is 4.39 Å². The lowest BCUT2D eigenvalue weighted by molar-refractivity contribution is -0.125. The summed E-state index contributed by atoms with van der Waals surface area (Å²) in [5, 5.41) is 11.5. The van der Waals surface area contributed by atoms with Crippen molar-refractivity contribution >= 4 is 17.3 Å². The molecule has 1 aliphatic rings. The van der Waals surface area contributed by atoms with E-state index in [-0.39, 0.29) is 11.7 Å². The van der Waals surface area contributed by atoms with Gasteiger partial charge in [-0.15, -0.1) is 0 Å². The molecule has 0 aliphatic carbocycles. The number of oxime groups is 1. The van der Waals surface area contributed by atoms with Crippen LogP contribution < -0.4 is 10.1 Å². The molecule has 1 atom stereocenters. The minimum atomic E-state index is -0.737. The van der Waals surface area contributed by atoms with Gasteiger partial charge in [0.1, 0.15) is 11.6 Å². The van der Waals surface area contributed by atoms with E-state index in [2.05, 4.69) is 15.6 Å². The number of amides is 1. The highest BCUT2D eigenvalue weighted by molar-refractivity contribution is 6.07. The second-order valence-corrected chi connectivity index (χ2v) is 7.36. The molecule has 2 aromatic carbocycles. The number of aromatic nitrogens is 2. The number of carbonyl (C=O) groups is 1. The number of halogens is 1. The van der Waals surface area contributed by atoms with Gasteiger partial charge < -0.3 is 14.9 Å². The molecule has 0 saturated heterocycles. The van der Waals surface area contributed by atoms with Crippen molar-refractivity contribution < 1.29 is 18.8 Å². The molecule has 1 aromatic heterocycles. The molecule has 3 aromatic rings. The monoisotopic (exact) mass is 422 g/mol. The summed E-state index contributed by atoms with van der Waals surface area (Å²) in [5.74, 6) is 0.109. The molecule has 1 unspecified atom stereocenters. The van der Waals surface area contributed by atoms with E-state index < -0.39 is 6.10 Å². The van der Waals surface area contributed by atoms with Crippen LogP contribution in [0.2, 0.25) is 0 Å². The fourth-order valence-electron chi connectivity index (χ4n) is 3.56. The van der Waals surface area contributed by atoms with Crippen LogP contribution in [0.5, 0.6) is 5.75 Å². The summed E-state index contributed by atoms with van der Waals surface area (Å²) in [5.41, 5.74) is 4.52. The Kier molecular flexibility index (Phi) is 5.70. The van der Waals surface area contributed by atoms with Crippen molar-refractivity contribution in [3.63, 3.8) is 0 Å². The Hall–Kier alpha value is -3.68. The number of ether oxygens (including phenoxy) is 1. The normalized spacial score (nSPS) is 15.4. The first kappa shape index (κ1) is 20.6. The summed E-state index contributed by atoms with van der Waals surface area (Å²) in [6.45, 7) is 4.19. The van der Waals surface area contributed by atoms with Crippen LogP contribution >= 0.6 is 0 Å². The smallest absolute Gasteiger partial charge is 0.268 e. The van der Waals surface area contributed by atoms with Crippen molar-refractivity contribution in [2.75, 3.05) is 12.4 Å². The summed E-state index contributed by atoms with van der Waals surface area (Å²) >= 11 is 0. The lowest BCUT2D eigenvalue weighted by Crippen LogP contribution is -2.28. The van der Waals surface area contributed by atoms with Crippen molar-refractivity contribution in [3.8, 4) is 5.75 Å². The predicted molar refractivity (Wildman–Crippen MR) is 115 cm³/mol. The maximum absolute atomic E-state index is 13.1. The van der Waals surface area contributed by atoms with Crippen LogP contribution in [0.1, 0.15) is 28.9 Å². The molecular formula is C23H23FN4O3. The number of carbonyl (C=O) groups excluding carboxylic acids is 1. The standard InChI is InChI=1S/C23H23FN4O3/c1-14-22(15(2)28(26-14)13-16-8-10-17(24)11-9-16)25-23(29)21-12-19(27-31-21)18-6-4-5-7-20(18)30-3/h4-11,21H,12-13H2,1-3H3,(H,25,29). The largest absolute Gasteiger partial charge is 0.496 e. The molecule has 160 valence electrons. The molecule has 0 spiro atoms. The molecule has 1 N–H and O–H groups in total. The molecule has 7 nitrogen and oxygen atoms in total. The third kappa shape index (κ3) is 4.28. The van der Waals surface area contributed by atoms with Crippen molar-refractivity contribution in [1.29, 1.82) is 0 Å². The zero-order chi connectivity index (χ0) is 22.0. The van der Waals surface area contributed by atoms with Gasteiger partial charge in [0.2, 0.25) is 6.10 Å². The van der Waals surface area contributed by atoms with Crippen LogP contribution in [-0.4, -0.2) is 34.6 Å². The maximum atomic E-state index is 13.1. The molecule has 0 fully saturated rings. The van der Waals surface area contributed by atoms with Gasteiger partial charge in [0.15, 0.2) is 0 Å². The van der Waals surface area contributed by atoms with E-state index in [1.165, 1.54) is 12.1 Å². The van der Waals surface area contributed by atoms with E-state index in [1.807, 2.05) is 38.1 Å². The summed E-state index contributed by atoms with van der Waals surface area (Å²) < 4.78 is 20.3. The van der Waals surface area contributed by atoms with E-state index >= 15 is 0 Å². The number of aryl methyl sites for hydroxylation is 1. The van der Waals surface area contributed by atoms with Crippen molar-refractivity contribution in [2.24, 2.45) is 5.16 Å². The zero-order valence-corrected chi connectivity index (χ0v) is 17.6. The first-order valence-electron chi connectivity index (χ1n) is 9.91. The first-order chi connectivity index (χ1) is 15.0. The Balaban J connectivity index is 1.45. The molecule has 0 saturated carbocycles. The quantitative estimate of drug-likeness (QED) is 0.655. The Labute approximate surface area is 179 Å². The number of benzene rings is 2. The first-order valence-corrected chi connectivity index (χ1v) is 9.91. The van der Waals surface area contributed by atoms with E-state index in [0.717, 1.165) is 16.8 Å². The number of nitrogens with zero attached hydrogens (tertiary/aromatic N) is 3. The van der Waals surface area contributed by atoms with Gasteiger partial charge in [-0.05, 0) is 43.7 Å². The minimum Gasteiger partial charge on any atom is -0.496 e. The molecule has 1 amide bonds. The highest BCUT2D eigenvalue weighted by atomic mass is 19.1. The zero-order valence-electron chi connectivity index (χ0n) is 17.6. The van der Waals surface area contributed by atoms with Crippen molar-refractivity contribution in [1.82, 2.24) is 9.78 Å². The fourth-order valence-corrected chi connectivity index (χ4v) is 3.56. The number of anilines is 1. The number of rotatable bonds is 6. The molecule has 4 rings (SSSR count). The van der Waals surface area contributed by atoms with Gasteiger partial charge in [0, 0.05) is 12.0 Å². The lowest BCUT2D eigenvalue weighted by atomic mass is 10.0. The SMILES string of the molecule is COc1ccccc1C1=NOC(C(=O)Nc2c(C)nn(Cc3ccc(F)cc3)c2C)C1. The third-order valence-corrected chi connectivity index (χ3v) is 5.25. The van der Waals surface area contributed by atoms with Crippen molar-refractivity contribution in [3.05, 3.63) is 76.9 Å². The number of hydrogen-bond donors (Lipinski definition) is 1. The summed E-state index contributed by atoms with van der Waals surface area (Å²) in [7, 11) is 1.59. The summed E-state index contributed by atoms with van der Waals surface area (Å²) in [6, 6.07) is 13.7. The Morgan fingerprint density at radius 3 is 2.71 bits per heavy atom. The topological polar surface area (TPSA) is 77.7 Å². The van der Waals surface area contributed by atoms with E-state index in [0.29, 0.717) is 35.8 Å². The Bertz CT molecular complexity index is 1140. The molecular weight excluding hydrogens is 399 g/mol. The number of para-hydroxylation sites is 1. The lowest BCUT2D eigenvalue weighted by Gasteiger charge is -2.11. The average molecular weight is 422 g/mol. The predicted octanol–water partition coefficient (Wildman–Crippen LogP) is 3.83. The molecule has 0 radical (unpaired) electrons. The highest BCUT2D eigenvalue weighted by Gasteiger charge is 2.31. The van der Waals surface area contributed by atoms with Gasteiger partial charge in [-0.3, -0.25) is 9.48 Å². The minimum absolute atomic E-state index is 0.281. The molecule has 1 aliphatic heterocycles. The number of methoxy groups -OCH3 is 1.